The number of benzene rings is 1. The summed E-state index contributed by atoms with van der Waals surface area (Å²) >= 11 is 0. The van der Waals surface area contributed by atoms with Gasteiger partial charge in [0, 0.05) is 26.1 Å². The van der Waals surface area contributed by atoms with Crippen LogP contribution in [0.5, 0.6) is 11.5 Å². The third kappa shape index (κ3) is 2.38. The molecule has 130 valence electrons. The average Bonchev–Trinajstić information content (AvgIpc) is 2.55. The second kappa shape index (κ2) is 5.77. The Bertz CT molecular complexity index is 680. The van der Waals surface area contributed by atoms with Gasteiger partial charge in [-0.3, -0.25) is 0 Å². The number of aromatic hydroxyl groups is 1. The number of urea groups is 2. The minimum atomic E-state index is -0.401. The van der Waals surface area contributed by atoms with Gasteiger partial charge in [0.1, 0.15) is 6.17 Å². The first kappa shape index (κ1) is 16.2. The van der Waals surface area contributed by atoms with Crippen molar-refractivity contribution < 1.29 is 19.4 Å². The van der Waals surface area contributed by atoms with Crippen LogP contribution in [0.1, 0.15) is 18.5 Å². The normalized spacial score (nSPS) is 29.7. The molecule has 3 rings (SSSR count). The van der Waals surface area contributed by atoms with Crippen LogP contribution in [0.15, 0.2) is 18.2 Å². The number of phenolic OH excluding ortho intramolecular Hbond substituents is 1. The molecule has 8 nitrogen and oxygen atoms in total. The Labute approximate surface area is 140 Å². The molecule has 0 aliphatic carbocycles. The summed E-state index contributed by atoms with van der Waals surface area (Å²) in [7, 11) is 4.87. The van der Waals surface area contributed by atoms with E-state index in [1.165, 1.54) is 12.0 Å². The molecule has 2 heterocycles. The highest BCUT2D eigenvalue weighted by molar-refractivity contribution is 5.80. The van der Waals surface area contributed by atoms with Crippen molar-refractivity contribution in [2.24, 2.45) is 5.92 Å². The quantitative estimate of drug-likeness (QED) is 0.754. The molecule has 8 heteroatoms. The molecule has 3 N–H and O–H groups in total. The lowest BCUT2D eigenvalue weighted by Crippen LogP contribution is -2.71. The molecule has 2 fully saturated rings. The second-order valence-electron chi connectivity index (χ2n) is 6.31. The molecular weight excluding hydrogens is 312 g/mol. The van der Waals surface area contributed by atoms with Crippen molar-refractivity contribution in [3.63, 3.8) is 0 Å². The second-order valence-corrected chi connectivity index (χ2v) is 6.31. The maximum atomic E-state index is 12.4. The Hall–Kier alpha value is -2.64. The monoisotopic (exact) mass is 334 g/mol. The maximum Gasteiger partial charge on any atom is 0.319 e. The van der Waals surface area contributed by atoms with Gasteiger partial charge in [0.25, 0.3) is 0 Å². The summed E-state index contributed by atoms with van der Waals surface area (Å²) in [6, 6.07) is 4.20. The third-order valence-corrected chi connectivity index (χ3v) is 4.95. The molecule has 4 atom stereocenters. The van der Waals surface area contributed by atoms with Gasteiger partial charge < -0.3 is 30.3 Å². The van der Waals surface area contributed by atoms with E-state index in [1.807, 2.05) is 6.92 Å². The van der Waals surface area contributed by atoms with Crippen LogP contribution in [-0.4, -0.2) is 60.4 Å². The van der Waals surface area contributed by atoms with E-state index in [9.17, 15) is 14.7 Å². The Balaban J connectivity index is 2.06. The topological polar surface area (TPSA) is 94.1 Å². The van der Waals surface area contributed by atoms with Gasteiger partial charge >= 0.3 is 12.1 Å². The predicted octanol–water partition coefficient (Wildman–Crippen LogP) is 1.08. The summed E-state index contributed by atoms with van der Waals surface area (Å²) < 4.78 is 5.19. The number of methoxy groups -OCH3 is 1. The number of phenols is 1. The summed E-state index contributed by atoms with van der Waals surface area (Å²) in [4.78, 5) is 27.6. The van der Waals surface area contributed by atoms with E-state index in [0.717, 1.165) is 5.56 Å². The van der Waals surface area contributed by atoms with Crippen molar-refractivity contribution in [2.45, 2.75) is 25.2 Å². The van der Waals surface area contributed by atoms with Crippen LogP contribution < -0.4 is 15.4 Å². The number of carbonyl (C=O) groups is 2. The molecular formula is C16H22N4O4. The average molecular weight is 334 g/mol. The zero-order valence-corrected chi connectivity index (χ0v) is 14.1. The highest BCUT2D eigenvalue weighted by Crippen LogP contribution is 2.40. The van der Waals surface area contributed by atoms with Crippen LogP contribution in [0.2, 0.25) is 0 Å². The first-order valence-electron chi connectivity index (χ1n) is 7.78. The molecule has 1 aromatic carbocycles. The summed E-state index contributed by atoms with van der Waals surface area (Å²) in [6.07, 6.45) is -0.401. The maximum absolute atomic E-state index is 12.4. The molecule has 0 unspecified atom stereocenters. The molecule has 24 heavy (non-hydrogen) atoms. The number of hydrogen-bond acceptors (Lipinski definition) is 4. The van der Waals surface area contributed by atoms with Gasteiger partial charge in [-0.15, -0.1) is 0 Å². The minimum Gasteiger partial charge on any atom is -0.504 e. The molecule has 1 aromatic rings. The molecule has 4 amide bonds. The number of carbonyl (C=O) groups excluding carboxylic acids is 2. The highest BCUT2D eigenvalue weighted by Gasteiger charge is 2.49. The molecule has 0 bridgehead atoms. The molecule has 2 saturated heterocycles. The number of hydrogen-bond donors (Lipinski definition) is 3. The Kier molecular flexibility index (Phi) is 3.90. The summed E-state index contributed by atoms with van der Waals surface area (Å²) in [6.45, 7) is 1.93. The Morgan fingerprint density at radius 2 is 1.79 bits per heavy atom. The third-order valence-electron chi connectivity index (χ3n) is 4.95. The van der Waals surface area contributed by atoms with E-state index in [0.29, 0.717) is 5.75 Å². The fraction of sp³-hybridized carbons (Fsp3) is 0.500. The molecule has 0 saturated carbocycles. The Morgan fingerprint density at radius 3 is 2.46 bits per heavy atom. The van der Waals surface area contributed by atoms with E-state index in [-0.39, 0.29) is 35.8 Å². The van der Waals surface area contributed by atoms with Gasteiger partial charge in [0.2, 0.25) is 0 Å². The van der Waals surface area contributed by atoms with Crippen molar-refractivity contribution in [3.8, 4) is 11.5 Å². The van der Waals surface area contributed by atoms with Crippen LogP contribution in [-0.2, 0) is 0 Å². The largest absolute Gasteiger partial charge is 0.504 e. The van der Waals surface area contributed by atoms with Gasteiger partial charge in [-0.05, 0) is 24.6 Å². The molecule has 0 radical (unpaired) electrons. The van der Waals surface area contributed by atoms with Crippen LogP contribution in [0.4, 0.5) is 9.59 Å². The fourth-order valence-corrected chi connectivity index (χ4v) is 3.63. The zero-order valence-electron chi connectivity index (χ0n) is 14.1. The smallest absolute Gasteiger partial charge is 0.319 e. The van der Waals surface area contributed by atoms with Gasteiger partial charge in [0.05, 0.1) is 13.2 Å². The number of fused-ring (bicyclic) bond motifs is 1. The van der Waals surface area contributed by atoms with E-state index >= 15 is 0 Å². The predicted molar refractivity (Wildman–Crippen MR) is 86.7 cm³/mol. The summed E-state index contributed by atoms with van der Waals surface area (Å²) in [5.41, 5.74) is 0.841. The lowest BCUT2D eigenvalue weighted by atomic mass is 9.81. The van der Waals surface area contributed by atoms with E-state index < -0.39 is 6.17 Å². The number of amides is 4. The molecule has 0 spiro atoms. The van der Waals surface area contributed by atoms with Gasteiger partial charge in [-0.2, -0.15) is 0 Å². The van der Waals surface area contributed by atoms with Crippen LogP contribution in [0, 0.1) is 5.92 Å². The summed E-state index contributed by atoms with van der Waals surface area (Å²) in [5, 5.41) is 15.7. The van der Waals surface area contributed by atoms with E-state index in [4.69, 9.17) is 4.74 Å². The van der Waals surface area contributed by atoms with Crippen LogP contribution in [0.25, 0.3) is 0 Å². The van der Waals surface area contributed by atoms with Crippen molar-refractivity contribution in [3.05, 3.63) is 23.8 Å². The SMILES string of the molecule is COc1cc([C@H]2[C@@H]3[C@H](C)NC(=O)N(C)[C@H]3NC(=O)N2C)ccc1O. The van der Waals surface area contributed by atoms with Crippen molar-refractivity contribution in [1.29, 1.82) is 0 Å². The van der Waals surface area contributed by atoms with Gasteiger partial charge in [-0.25, -0.2) is 9.59 Å². The fourth-order valence-electron chi connectivity index (χ4n) is 3.63. The number of nitrogens with zero attached hydrogens (tertiary/aromatic N) is 2. The summed E-state index contributed by atoms with van der Waals surface area (Å²) in [5.74, 6) is 0.330. The number of rotatable bonds is 2. The van der Waals surface area contributed by atoms with Crippen LogP contribution >= 0.6 is 0 Å². The van der Waals surface area contributed by atoms with Crippen molar-refractivity contribution >= 4 is 12.1 Å². The van der Waals surface area contributed by atoms with Crippen molar-refractivity contribution in [1.82, 2.24) is 20.4 Å². The lowest BCUT2D eigenvalue weighted by molar-refractivity contribution is 0.0247. The van der Waals surface area contributed by atoms with Crippen LogP contribution in [0.3, 0.4) is 0 Å². The molecule has 2 aliphatic rings. The van der Waals surface area contributed by atoms with Gasteiger partial charge in [-0.1, -0.05) is 6.07 Å². The zero-order chi connectivity index (χ0) is 17.6. The number of nitrogens with one attached hydrogen (secondary N) is 2. The van der Waals surface area contributed by atoms with E-state index in [1.54, 1.807) is 37.2 Å². The first-order chi connectivity index (χ1) is 11.3. The van der Waals surface area contributed by atoms with Crippen molar-refractivity contribution in [2.75, 3.05) is 21.2 Å². The standard InChI is InChI=1S/C16H22N4O4/c1-8-12-13(9-5-6-10(21)11(7-9)24-4)19(2)16(23)18-14(12)20(3)15(22)17-8/h5-8,12-14,21H,1-4H3,(H,17,22)(H,18,23)/t8-,12-,13-,14+/m0/s1. The Morgan fingerprint density at radius 1 is 1.12 bits per heavy atom. The number of ether oxygens (including phenoxy) is 1. The first-order valence-corrected chi connectivity index (χ1v) is 7.78. The minimum absolute atomic E-state index is 0.0443. The lowest BCUT2D eigenvalue weighted by Gasteiger charge is -2.52. The molecule has 0 aromatic heterocycles. The molecule has 2 aliphatic heterocycles. The highest BCUT2D eigenvalue weighted by atomic mass is 16.5. The van der Waals surface area contributed by atoms with E-state index in [2.05, 4.69) is 10.6 Å². The van der Waals surface area contributed by atoms with Gasteiger partial charge in [0.15, 0.2) is 11.5 Å².